The Kier molecular flexibility index (Phi) is 2.28. The molecule has 0 saturated carbocycles. The van der Waals surface area contributed by atoms with Crippen molar-refractivity contribution >= 4 is 27.5 Å². The van der Waals surface area contributed by atoms with Gasteiger partial charge in [0.05, 0.1) is 6.20 Å². The van der Waals surface area contributed by atoms with Crippen molar-refractivity contribution in [1.82, 2.24) is 19.5 Å². The van der Waals surface area contributed by atoms with E-state index in [4.69, 9.17) is 11.6 Å². The lowest BCUT2D eigenvalue weighted by Crippen LogP contribution is -1.96. The van der Waals surface area contributed by atoms with E-state index >= 15 is 0 Å². The molecule has 4 nitrogen and oxygen atoms in total. The van der Waals surface area contributed by atoms with E-state index in [-0.39, 0.29) is 5.28 Å². The van der Waals surface area contributed by atoms with Gasteiger partial charge in [-0.3, -0.25) is 4.57 Å². The van der Waals surface area contributed by atoms with Crippen LogP contribution in [0.25, 0.3) is 5.82 Å². The molecule has 0 spiro atoms. The zero-order chi connectivity index (χ0) is 9.26. The second kappa shape index (κ2) is 3.43. The SMILES string of the molecule is Clc1nccc(-n2cncc2Br)n1. The Labute approximate surface area is 87.7 Å². The van der Waals surface area contributed by atoms with Crippen molar-refractivity contribution in [3.63, 3.8) is 0 Å². The Balaban J connectivity index is 2.53. The summed E-state index contributed by atoms with van der Waals surface area (Å²) in [5.41, 5.74) is 0. The topological polar surface area (TPSA) is 43.6 Å². The fourth-order valence-electron chi connectivity index (χ4n) is 0.908. The van der Waals surface area contributed by atoms with E-state index in [0.717, 1.165) is 4.60 Å². The van der Waals surface area contributed by atoms with Crippen LogP contribution in [-0.2, 0) is 0 Å². The highest BCUT2D eigenvalue weighted by Gasteiger charge is 2.02. The lowest BCUT2D eigenvalue weighted by molar-refractivity contribution is 0.953. The van der Waals surface area contributed by atoms with Crippen molar-refractivity contribution in [2.24, 2.45) is 0 Å². The van der Waals surface area contributed by atoms with Crippen LogP contribution in [0.4, 0.5) is 0 Å². The predicted octanol–water partition coefficient (Wildman–Crippen LogP) is 2.08. The van der Waals surface area contributed by atoms with E-state index in [0.29, 0.717) is 5.82 Å². The van der Waals surface area contributed by atoms with Crippen LogP contribution >= 0.6 is 27.5 Å². The van der Waals surface area contributed by atoms with Crippen LogP contribution < -0.4 is 0 Å². The highest BCUT2D eigenvalue weighted by atomic mass is 79.9. The van der Waals surface area contributed by atoms with Gasteiger partial charge in [0, 0.05) is 6.20 Å². The highest BCUT2D eigenvalue weighted by Crippen LogP contribution is 2.14. The van der Waals surface area contributed by atoms with Gasteiger partial charge < -0.3 is 0 Å². The van der Waals surface area contributed by atoms with Gasteiger partial charge in [0.15, 0.2) is 0 Å². The number of hydrogen-bond donors (Lipinski definition) is 0. The first kappa shape index (κ1) is 8.65. The van der Waals surface area contributed by atoms with Gasteiger partial charge in [-0.05, 0) is 33.6 Å². The number of imidazole rings is 1. The van der Waals surface area contributed by atoms with Gasteiger partial charge in [-0.2, -0.15) is 4.98 Å². The molecule has 0 amide bonds. The first-order valence-electron chi connectivity index (χ1n) is 3.44. The minimum Gasteiger partial charge on any atom is -0.277 e. The van der Waals surface area contributed by atoms with Gasteiger partial charge in [-0.25, -0.2) is 9.97 Å². The van der Waals surface area contributed by atoms with E-state index in [1.807, 2.05) is 0 Å². The molecule has 0 fully saturated rings. The molecular weight excluding hydrogens is 255 g/mol. The first-order valence-corrected chi connectivity index (χ1v) is 4.61. The van der Waals surface area contributed by atoms with E-state index in [9.17, 15) is 0 Å². The average molecular weight is 259 g/mol. The Hall–Kier alpha value is -0.940. The van der Waals surface area contributed by atoms with Crippen molar-refractivity contribution in [2.75, 3.05) is 0 Å². The highest BCUT2D eigenvalue weighted by molar-refractivity contribution is 9.10. The largest absolute Gasteiger partial charge is 0.277 e. The third kappa shape index (κ3) is 1.71. The fourth-order valence-corrected chi connectivity index (χ4v) is 1.44. The summed E-state index contributed by atoms with van der Waals surface area (Å²) in [4.78, 5) is 11.7. The predicted molar refractivity (Wildman–Crippen MR) is 51.9 cm³/mol. The Morgan fingerprint density at radius 3 is 2.92 bits per heavy atom. The molecule has 0 unspecified atom stereocenters. The number of nitrogens with zero attached hydrogens (tertiary/aromatic N) is 4. The zero-order valence-corrected chi connectivity index (χ0v) is 8.70. The molecule has 2 aromatic rings. The maximum atomic E-state index is 5.64. The molecule has 2 rings (SSSR count). The summed E-state index contributed by atoms with van der Waals surface area (Å²) in [6.45, 7) is 0. The summed E-state index contributed by atoms with van der Waals surface area (Å²) < 4.78 is 2.58. The summed E-state index contributed by atoms with van der Waals surface area (Å²) in [5, 5.41) is 0.220. The summed E-state index contributed by atoms with van der Waals surface area (Å²) >= 11 is 8.97. The second-order valence-corrected chi connectivity index (χ2v) is 3.42. The van der Waals surface area contributed by atoms with Crippen LogP contribution in [0.15, 0.2) is 29.4 Å². The standard InChI is InChI=1S/C7H4BrClN4/c8-5-3-10-4-13(5)6-1-2-11-7(9)12-6/h1-4H. The average Bonchev–Trinajstić information content (AvgIpc) is 2.51. The molecule has 13 heavy (non-hydrogen) atoms. The summed E-state index contributed by atoms with van der Waals surface area (Å²) in [6.07, 6.45) is 4.91. The molecule has 0 aliphatic heterocycles. The van der Waals surface area contributed by atoms with Crippen LogP contribution in [-0.4, -0.2) is 19.5 Å². The fraction of sp³-hybridized carbons (Fsp3) is 0. The lowest BCUT2D eigenvalue weighted by atomic mass is 10.6. The van der Waals surface area contributed by atoms with E-state index in [1.165, 1.54) is 0 Å². The number of rotatable bonds is 1. The smallest absolute Gasteiger partial charge is 0.224 e. The van der Waals surface area contributed by atoms with E-state index < -0.39 is 0 Å². The second-order valence-electron chi connectivity index (χ2n) is 2.27. The quantitative estimate of drug-likeness (QED) is 0.737. The van der Waals surface area contributed by atoms with E-state index in [2.05, 4.69) is 30.9 Å². The number of aromatic nitrogens is 4. The zero-order valence-electron chi connectivity index (χ0n) is 6.35. The molecule has 2 heterocycles. The van der Waals surface area contributed by atoms with Crippen LogP contribution in [0, 0.1) is 0 Å². The van der Waals surface area contributed by atoms with E-state index in [1.54, 1.807) is 29.4 Å². The Morgan fingerprint density at radius 1 is 1.46 bits per heavy atom. The van der Waals surface area contributed by atoms with Gasteiger partial charge >= 0.3 is 0 Å². The van der Waals surface area contributed by atoms with Crippen LogP contribution in [0.3, 0.4) is 0 Å². The molecule has 0 aromatic carbocycles. The normalized spacial score (nSPS) is 10.3. The molecule has 0 radical (unpaired) electrons. The molecule has 0 aliphatic carbocycles. The minimum atomic E-state index is 0.220. The van der Waals surface area contributed by atoms with Gasteiger partial charge in [0.25, 0.3) is 0 Å². The molecule has 0 atom stereocenters. The van der Waals surface area contributed by atoms with Crippen molar-refractivity contribution in [2.45, 2.75) is 0 Å². The number of halogens is 2. The monoisotopic (exact) mass is 258 g/mol. The molecule has 0 saturated heterocycles. The molecule has 0 N–H and O–H groups in total. The third-order valence-corrected chi connectivity index (χ3v) is 2.22. The lowest BCUT2D eigenvalue weighted by Gasteiger charge is -2.01. The maximum Gasteiger partial charge on any atom is 0.224 e. The molecular formula is C7H4BrClN4. The Bertz CT molecular complexity index is 428. The molecule has 0 bridgehead atoms. The number of hydrogen-bond acceptors (Lipinski definition) is 3. The minimum absolute atomic E-state index is 0.220. The van der Waals surface area contributed by atoms with Crippen molar-refractivity contribution in [3.8, 4) is 5.82 Å². The Morgan fingerprint density at radius 2 is 2.31 bits per heavy atom. The van der Waals surface area contributed by atoms with Gasteiger partial charge in [-0.1, -0.05) is 0 Å². The molecule has 6 heteroatoms. The molecule has 66 valence electrons. The van der Waals surface area contributed by atoms with Crippen molar-refractivity contribution < 1.29 is 0 Å². The molecule has 2 aromatic heterocycles. The maximum absolute atomic E-state index is 5.64. The first-order chi connectivity index (χ1) is 6.27. The van der Waals surface area contributed by atoms with Gasteiger partial charge in [0.2, 0.25) is 5.28 Å². The van der Waals surface area contributed by atoms with Crippen LogP contribution in [0.2, 0.25) is 5.28 Å². The van der Waals surface area contributed by atoms with Crippen LogP contribution in [0.5, 0.6) is 0 Å². The van der Waals surface area contributed by atoms with Gasteiger partial charge in [0.1, 0.15) is 16.7 Å². The van der Waals surface area contributed by atoms with Crippen molar-refractivity contribution in [1.29, 1.82) is 0 Å². The van der Waals surface area contributed by atoms with Gasteiger partial charge in [-0.15, -0.1) is 0 Å². The summed E-state index contributed by atoms with van der Waals surface area (Å²) in [7, 11) is 0. The van der Waals surface area contributed by atoms with Crippen LogP contribution in [0.1, 0.15) is 0 Å². The van der Waals surface area contributed by atoms with Crippen molar-refractivity contribution in [3.05, 3.63) is 34.7 Å². The third-order valence-electron chi connectivity index (χ3n) is 1.45. The summed E-state index contributed by atoms with van der Waals surface area (Å²) in [6, 6.07) is 1.75. The molecule has 0 aliphatic rings. The summed E-state index contributed by atoms with van der Waals surface area (Å²) in [5.74, 6) is 0.685.